The number of nitrogens with zero attached hydrogens (tertiary/aromatic N) is 2. The number of benzene rings is 3. The van der Waals surface area contributed by atoms with Crippen LogP contribution in [0.15, 0.2) is 54.6 Å². The number of hydrogen-bond acceptors (Lipinski definition) is 4. The van der Waals surface area contributed by atoms with E-state index >= 15 is 0 Å². The zero-order valence-corrected chi connectivity index (χ0v) is 19.3. The van der Waals surface area contributed by atoms with Gasteiger partial charge in [0.25, 0.3) is 0 Å². The van der Waals surface area contributed by atoms with Crippen molar-refractivity contribution in [1.29, 1.82) is 0 Å². The number of amides is 3. The number of imide groups is 1. The third kappa shape index (κ3) is 2.23. The quantitative estimate of drug-likeness (QED) is 0.539. The van der Waals surface area contributed by atoms with Gasteiger partial charge in [-0.3, -0.25) is 19.3 Å². The highest BCUT2D eigenvalue weighted by Crippen LogP contribution is 2.61. The van der Waals surface area contributed by atoms with E-state index in [1.807, 2.05) is 55.5 Å². The number of carbonyl (C=O) groups is 3. The van der Waals surface area contributed by atoms with E-state index in [4.69, 9.17) is 11.6 Å². The maximum absolute atomic E-state index is 14.1. The predicted molar refractivity (Wildman–Crippen MR) is 130 cm³/mol. The molecule has 3 fully saturated rings. The van der Waals surface area contributed by atoms with Crippen LogP contribution in [0.5, 0.6) is 0 Å². The van der Waals surface area contributed by atoms with Gasteiger partial charge in [-0.05, 0) is 60.8 Å². The molecule has 3 amide bonds. The van der Waals surface area contributed by atoms with E-state index in [9.17, 15) is 14.4 Å². The van der Waals surface area contributed by atoms with Crippen molar-refractivity contribution in [2.24, 2.45) is 11.8 Å². The molecule has 34 heavy (non-hydrogen) atoms. The van der Waals surface area contributed by atoms with Gasteiger partial charge in [0.2, 0.25) is 17.7 Å². The number of fused-ring (bicyclic) bond motifs is 8. The lowest BCUT2D eigenvalue weighted by atomic mass is 9.75. The summed E-state index contributed by atoms with van der Waals surface area (Å²) in [4.78, 5) is 45.2. The van der Waals surface area contributed by atoms with Gasteiger partial charge >= 0.3 is 0 Å². The topological polar surface area (TPSA) is 69.7 Å². The minimum Gasteiger partial charge on any atom is -0.324 e. The Labute approximate surface area is 201 Å². The second kappa shape index (κ2) is 6.68. The monoisotopic (exact) mass is 471 g/mol. The molecule has 3 saturated heterocycles. The molecule has 3 aromatic carbocycles. The molecule has 4 aliphatic rings. The smallest absolute Gasteiger partial charge is 0.250 e. The first-order valence-electron chi connectivity index (χ1n) is 11.7. The Balaban J connectivity index is 1.42. The summed E-state index contributed by atoms with van der Waals surface area (Å²) >= 11 is 6.37. The van der Waals surface area contributed by atoms with Gasteiger partial charge in [0.1, 0.15) is 5.54 Å². The van der Waals surface area contributed by atoms with Crippen molar-refractivity contribution >= 4 is 51.5 Å². The van der Waals surface area contributed by atoms with Crippen LogP contribution in [0.2, 0.25) is 5.02 Å². The molecule has 0 saturated carbocycles. The first kappa shape index (κ1) is 20.2. The van der Waals surface area contributed by atoms with Crippen LogP contribution in [0.4, 0.5) is 11.4 Å². The Hall–Kier alpha value is -3.22. The van der Waals surface area contributed by atoms with Crippen LogP contribution < -0.4 is 10.2 Å². The van der Waals surface area contributed by atoms with Crippen molar-refractivity contribution < 1.29 is 14.4 Å². The number of nitrogens with one attached hydrogen (secondary N) is 1. The normalized spacial score (nSPS) is 29.8. The SMILES string of the molecule is Cc1c(Cl)ccc2c1NC(=O)[C@]21[C@H]2C(=O)N(c3ccc4ccccc4c3)C(=O)[C@@H]2[C@H]2CCCN21. The van der Waals surface area contributed by atoms with Gasteiger partial charge in [-0.15, -0.1) is 0 Å². The van der Waals surface area contributed by atoms with E-state index < -0.39 is 17.4 Å². The van der Waals surface area contributed by atoms with E-state index in [1.165, 1.54) is 4.90 Å². The van der Waals surface area contributed by atoms with Crippen LogP contribution >= 0.6 is 11.6 Å². The summed E-state index contributed by atoms with van der Waals surface area (Å²) in [7, 11) is 0. The van der Waals surface area contributed by atoms with Crippen molar-refractivity contribution in [3.63, 3.8) is 0 Å². The zero-order valence-electron chi connectivity index (χ0n) is 18.5. The molecular weight excluding hydrogens is 450 g/mol. The second-order valence-corrected chi connectivity index (χ2v) is 10.2. The van der Waals surface area contributed by atoms with E-state index in [1.54, 1.807) is 6.07 Å². The van der Waals surface area contributed by atoms with Crippen LogP contribution in [0, 0.1) is 18.8 Å². The first-order valence-corrected chi connectivity index (χ1v) is 12.1. The van der Waals surface area contributed by atoms with Crippen molar-refractivity contribution in [3.8, 4) is 0 Å². The van der Waals surface area contributed by atoms with Gasteiger partial charge in [-0.25, -0.2) is 4.90 Å². The minimum absolute atomic E-state index is 0.139. The fourth-order valence-corrected chi connectivity index (χ4v) is 7.12. The van der Waals surface area contributed by atoms with Gasteiger partial charge in [0, 0.05) is 16.6 Å². The van der Waals surface area contributed by atoms with Crippen molar-refractivity contribution in [1.82, 2.24) is 4.90 Å². The maximum atomic E-state index is 14.1. The van der Waals surface area contributed by atoms with E-state index in [-0.39, 0.29) is 23.8 Å². The van der Waals surface area contributed by atoms with Crippen LogP contribution in [-0.2, 0) is 19.9 Å². The lowest BCUT2D eigenvalue weighted by Gasteiger charge is -2.36. The summed E-state index contributed by atoms with van der Waals surface area (Å²) in [6.45, 7) is 2.56. The molecule has 7 heteroatoms. The van der Waals surface area contributed by atoms with E-state index in [2.05, 4.69) is 10.2 Å². The molecule has 1 N–H and O–H groups in total. The molecular formula is C27H22ClN3O3. The van der Waals surface area contributed by atoms with Crippen LogP contribution in [0.1, 0.15) is 24.0 Å². The fourth-order valence-electron chi connectivity index (χ4n) is 6.96. The Morgan fingerprint density at radius 1 is 1.00 bits per heavy atom. The van der Waals surface area contributed by atoms with Crippen molar-refractivity contribution in [2.75, 3.05) is 16.8 Å². The third-order valence-corrected chi connectivity index (χ3v) is 8.76. The van der Waals surface area contributed by atoms with Gasteiger partial charge in [0.15, 0.2) is 0 Å². The maximum Gasteiger partial charge on any atom is 0.250 e. The van der Waals surface area contributed by atoms with Crippen LogP contribution in [-0.4, -0.2) is 35.2 Å². The van der Waals surface area contributed by atoms with E-state index in [0.29, 0.717) is 22.9 Å². The molecule has 3 aromatic rings. The number of rotatable bonds is 1. The Bertz CT molecular complexity index is 1450. The highest BCUT2D eigenvalue weighted by molar-refractivity contribution is 6.32. The molecule has 1 spiro atoms. The first-order chi connectivity index (χ1) is 16.4. The molecule has 6 nitrogen and oxygen atoms in total. The van der Waals surface area contributed by atoms with Gasteiger partial charge in [0.05, 0.1) is 23.2 Å². The molecule has 0 radical (unpaired) electrons. The molecule has 0 unspecified atom stereocenters. The summed E-state index contributed by atoms with van der Waals surface area (Å²) in [5.74, 6) is -2.04. The Morgan fingerprint density at radius 2 is 1.79 bits per heavy atom. The largest absolute Gasteiger partial charge is 0.324 e. The second-order valence-electron chi connectivity index (χ2n) is 9.77. The van der Waals surface area contributed by atoms with Crippen molar-refractivity contribution in [3.05, 3.63) is 70.7 Å². The molecule has 7 rings (SSSR count). The molecule has 170 valence electrons. The highest BCUT2D eigenvalue weighted by atomic mass is 35.5. The molecule has 0 aliphatic carbocycles. The highest BCUT2D eigenvalue weighted by Gasteiger charge is 2.74. The summed E-state index contributed by atoms with van der Waals surface area (Å²) in [6, 6.07) is 17.0. The third-order valence-electron chi connectivity index (χ3n) is 8.35. The lowest BCUT2D eigenvalue weighted by molar-refractivity contribution is -0.135. The van der Waals surface area contributed by atoms with Crippen LogP contribution in [0.25, 0.3) is 10.8 Å². The van der Waals surface area contributed by atoms with Crippen molar-refractivity contribution in [2.45, 2.75) is 31.3 Å². The zero-order chi connectivity index (χ0) is 23.4. The summed E-state index contributed by atoms with van der Waals surface area (Å²) in [5.41, 5.74) is 1.60. The lowest BCUT2D eigenvalue weighted by Crippen LogP contribution is -2.54. The standard InChI is InChI=1S/C27H22ClN3O3/c1-14-19(28)11-10-18-23(14)29-26(34)27(18)22-21(20-7-4-12-30(20)27)24(32)31(25(22)33)17-9-8-15-5-2-3-6-16(15)13-17/h2-3,5-6,8-11,13,20-22H,4,7,12H2,1H3,(H,29,34)/t20-,21-,22-,27-/m1/s1. The molecule has 0 aromatic heterocycles. The van der Waals surface area contributed by atoms with Gasteiger partial charge in [-0.2, -0.15) is 0 Å². The Kier molecular flexibility index (Phi) is 3.96. The number of halogens is 1. The average molecular weight is 472 g/mol. The fraction of sp³-hybridized carbons (Fsp3) is 0.296. The summed E-state index contributed by atoms with van der Waals surface area (Å²) in [6.07, 6.45) is 1.69. The number of carbonyl (C=O) groups excluding carboxylic acids is 3. The van der Waals surface area contributed by atoms with E-state index in [0.717, 1.165) is 34.7 Å². The average Bonchev–Trinajstić information content (AvgIpc) is 3.55. The molecule has 4 atom stereocenters. The Morgan fingerprint density at radius 3 is 2.62 bits per heavy atom. The number of hydrogen-bond donors (Lipinski definition) is 1. The minimum atomic E-state index is -1.19. The summed E-state index contributed by atoms with van der Waals surface area (Å²) in [5, 5.41) is 5.60. The number of anilines is 2. The summed E-state index contributed by atoms with van der Waals surface area (Å²) < 4.78 is 0. The molecule has 0 bridgehead atoms. The van der Waals surface area contributed by atoms with Gasteiger partial charge < -0.3 is 5.32 Å². The predicted octanol–water partition coefficient (Wildman–Crippen LogP) is 4.23. The van der Waals surface area contributed by atoms with Gasteiger partial charge in [-0.1, -0.05) is 48.0 Å². The molecule has 4 heterocycles. The molecule has 4 aliphatic heterocycles. The van der Waals surface area contributed by atoms with Crippen LogP contribution in [0.3, 0.4) is 0 Å².